The van der Waals surface area contributed by atoms with Gasteiger partial charge in [-0.3, -0.25) is 10.1 Å². The van der Waals surface area contributed by atoms with Gasteiger partial charge in [0.2, 0.25) is 0 Å². The average Bonchev–Trinajstić information content (AvgIpc) is 3.10. The van der Waals surface area contributed by atoms with Crippen LogP contribution in [0, 0.1) is 0 Å². The number of methoxy groups -OCH3 is 2. The molecule has 7 nitrogen and oxygen atoms in total. The molecule has 0 atom stereocenters. The van der Waals surface area contributed by atoms with Crippen LogP contribution in [0.1, 0.15) is 17.3 Å². The standard InChI is InChI=1S/C19H18BrN3O4S2/c1-4-27-13-6-5-10(7-12(13)20)17(24)22-18(28)23-19-21-16-14(26-3)8-11(25-2)9-15(16)29-19/h5-9H,4H2,1-3H3,(H2,21,22,23,24,28). The summed E-state index contributed by atoms with van der Waals surface area (Å²) in [6, 6.07) is 8.70. The molecule has 0 spiro atoms. The summed E-state index contributed by atoms with van der Waals surface area (Å²) >= 11 is 10.0. The number of halogens is 1. The molecule has 0 aliphatic carbocycles. The number of ether oxygens (including phenoxy) is 3. The van der Waals surface area contributed by atoms with Gasteiger partial charge in [-0.25, -0.2) is 4.98 Å². The molecule has 10 heteroatoms. The summed E-state index contributed by atoms with van der Waals surface area (Å²) in [5, 5.41) is 6.27. The fourth-order valence-electron chi connectivity index (χ4n) is 2.52. The number of carbonyl (C=O) groups is 1. The number of fused-ring (bicyclic) bond motifs is 1. The molecular formula is C19H18BrN3O4S2. The molecule has 1 aromatic heterocycles. The number of amides is 1. The maximum atomic E-state index is 12.5. The first-order valence-corrected chi connectivity index (χ1v) is 10.5. The van der Waals surface area contributed by atoms with Gasteiger partial charge in [-0.05, 0) is 59.3 Å². The molecule has 0 saturated carbocycles. The van der Waals surface area contributed by atoms with Crippen LogP contribution in [-0.4, -0.2) is 36.8 Å². The zero-order valence-electron chi connectivity index (χ0n) is 15.9. The Bertz CT molecular complexity index is 1070. The monoisotopic (exact) mass is 495 g/mol. The highest BCUT2D eigenvalue weighted by Crippen LogP contribution is 2.36. The number of benzene rings is 2. The van der Waals surface area contributed by atoms with Crippen molar-refractivity contribution in [1.82, 2.24) is 10.3 Å². The molecule has 3 aromatic rings. The van der Waals surface area contributed by atoms with Crippen molar-refractivity contribution < 1.29 is 19.0 Å². The lowest BCUT2D eigenvalue weighted by molar-refractivity contribution is 0.0977. The van der Waals surface area contributed by atoms with Gasteiger partial charge in [-0.15, -0.1) is 0 Å². The van der Waals surface area contributed by atoms with E-state index in [1.54, 1.807) is 38.5 Å². The van der Waals surface area contributed by atoms with Crippen LogP contribution < -0.4 is 24.8 Å². The third kappa shape index (κ3) is 4.95. The van der Waals surface area contributed by atoms with Gasteiger partial charge in [-0.1, -0.05) is 11.3 Å². The molecule has 2 aromatic carbocycles. The largest absolute Gasteiger partial charge is 0.497 e. The van der Waals surface area contributed by atoms with Gasteiger partial charge < -0.3 is 19.5 Å². The molecule has 1 heterocycles. The second-order valence-corrected chi connectivity index (χ2v) is 7.98. The van der Waals surface area contributed by atoms with E-state index in [0.29, 0.717) is 44.5 Å². The van der Waals surface area contributed by atoms with Gasteiger partial charge in [-0.2, -0.15) is 0 Å². The van der Waals surface area contributed by atoms with Crippen molar-refractivity contribution in [2.45, 2.75) is 6.92 Å². The Morgan fingerprint density at radius 1 is 1.21 bits per heavy atom. The smallest absolute Gasteiger partial charge is 0.257 e. The van der Waals surface area contributed by atoms with Crippen LogP contribution in [0.4, 0.5) is 5.13 Å². The SMILES string of the molecule is CCOc1ccc(C(=O)NC(=S)Nc2nc3c(OC)cc(OC)cc3s2)cc1Br. The van der Waals surface area contributed by atoms with Crippen LogP contribution in [-0.2, 0) is 0 Å². The van der Waals surface area contributed by atoms with Gasteiger partial charge in [0.15, 0.2) is 10.2 Å². The number of thiazole rings is 1. The van der Waals surface area contributed by atoms with Crippen molar-refractivity contribution in [2.24, 2.45) is 0 Å². The van der Waals surface area contributed by atoms with E-state index < -0.39 is 0 Å². The van der Waals surface area contributed by atoms with Gasteiger partial charge >= 0.3 is 0 Å². The first-order chi connectivity index (χ1) is 13.9. The molecule has 0 saturated heterocycles. The lowest BCUT2D eigenvalue weighted by atomic mass is 10.2. The third-order valence-electron chi connectivity index (χ3n) is 3.83. The van der Waals surface area contributed by atoms with E-state index in [4.69, 9.17) is 26.4 Å². The number of hydrogen-bond acceptors (Lipinski definition) is 7. The molecular weight excluding hydrogens is 478 g/mol. The molecule has 0 fully saturated rings. The topological polar surface area (TPSA) is 81.7 Å². The van der Waals surface area contributed by atoms with Gasteiger partial charge in [0.05, 0.1) is 30.0 Å². The van der Waals surface area contributed by atoms with E-state index in [2.05, 4.69) is 31.5 Å². The van der Waals surface area contributed by atoms with Crippen LogP contribution in [0.5, 0.6) is 17.2 Å². The van der Waals surface area contributed by atoms with Crippen molar-refractivity contribution in [2.75, 3.05) is 26.1 Å². The van der Waals surface area contributed by atoms with E-state index in [0.717, 1.165) is 4.70 Å². The summed E-state index contributed by atoms with van der Waals surface area (Å²) in [5.74, 6) is 1.59. The number of aromatic nitrogens is 1. The number of thiocarbonyl (C=S) groups is 1. The van der Waals surface area contributed by atoms with Crippen molar-refractivity contribution in [3.63, 3.8) is 0 Å². The summed E-state index contributed by atoms with van der Waals surface area (Å²) in [6.45, 7) is 2.43. The number of nitrogens with one attached hydrogen (secondary N) is 2. The average molecular weight is 496 g/mol. The van der Waals surface area contributed by atoms with Crippen LogP contribution in [0.3, 0.4) is 0 Å². The molecule has 0 aliphatic rings. The maximum absolute atomic E-state index is 12.5. The molecule has 0 radical (unpaired) electrons. The number of anilines is 1. The molecule has 0 aliphatic heterocycles. The Morgan fingerprint density at radius 3 is 2.66 bits per heavy atom. The lowest BCUT2D eigenvalue weighted by Gasteiger charge is -2.09. The quantitative estimate of drug-likeness (QED) is 0.483. The summed E-state index contributed by atoms with van der Waals surface area (Å²) < 4.78 is 17.7. The lowest BCUT2D eigenvalue weighted by Crippen LogP contribution is -2.34. The van der Waals surface area contributed by atoms with Gasteiger partial charge in [0.1, 0.15) is 22.8 Å². The van der Waals surface area contributed by atoms with Crippen LogP contribution >= 0.6 is 39.5 Å². The fourth-order valence-corrected chi connectivity index (χ4v) is 4.18. The number of hydrogen-bond donors (Lipinski definition) is 2. The maximum Gasteiger partial charge on any atom is 0.257 e. The van der Waals surface area contributed by atoms with Crippen molar-refractivity contribution in [3.8, 4) is 17.2 Å². The minimum absolute atomic E-state index is 0.144. The van der Waals surface area contributed by atoms with Crippen LogP contribution in [0.15, 0.2) is 34.8 Å². The minimum Gasteiger partial charge on any atom is -0.497 e. The normalized spacial score (nSPS) is 10.5. The predicted molar refractivity (Wildman–Crippen MR) is 122 cm³/mol. The van der Waals surface area contributed by atoms with E-state index in [-0.39, 0.29) is 11.0 Å². The zero-order chi connectivity index (χ0) is 21.0. The van der Waals surface area contributed by atoms with Crippen molar-refractivity contribution in [3.05, 3.63) is 40.4 Å². The third-order valence-corrected chi connectivity index (χ3v) is 5.57. The fraction of sp³-hybridized carbons (Fsp3) is 0.211. The first kappa shape index (κ1) is 21.3. The van der Waals surface area contributed by atoms with Crippen molar-refractivity contribution in [1.29, 1.82) is 0 Å². The van der Waals surface area contributed by atoms with Gasteiger partial charge in [0.25, 0.3) is 5.91 Å². The van der Waals surface area contributed by atoms with Crippen LogP contribution in [0.2, 0.25) is 0 Å². The summed E-state index contributed by atoms with van der Waals surface area (Å²) in [6.07, 6.45) is 0. The molecule has 2 N–H and O–H groups in total. The summed E-state index contributed by atoms with van der Waals surface area (Å²) in [5.41, 5.74) is 1.13. The Morgan fingerprint density at radius 2 is 2.00 bits per heavy atom. The number of nitrogens with zero attached hydrogens (tertiary/aromatic N) is 1. The Kier molecular flexibility index (Phi) is 6.88. The van der Waals surface area contributed by atoms with E-state index >= 15 is 0 Å². The second-order valence-electron chi connectivity index (χ2n) is 5.68. The first-order valence-electron chi connectivity index (χ1n) is 8.52. The highest BCUT2D eigenvalue weighted by molar-refractivity contribution is 9.10. The molecule has 0 bridgehead atoms. The van der Waals surface area contributed by atoms with Crippen LogP contribution in [0.25, 0.3) is 10.2 Å². The molecule has 0 unspecified atom stereocenters. The van der Waals surface area contributed by atoms with Crippen molar-refractivity contribution >= 4 is 65.9 Å². The molecule has 1 amide bonds. The minimum atomic E-state index is -0.341. The predicted octanol–water partition coefficient (Wildman–Crippen LogP) is 4.60. The molecule has 152 valence electrons. The number of carbonyl (C=O) groups excluding carboxylic acids is 1. The van der Waals surface area contributed by atoms with Gasteiger partial charge in [0, 0.05) is 11.6 Å². The highest BCUT2D eigenvalue weighted by Gasteiger charge is 2.14. The van der Waals surface area contributed by atoms with E-state index in [1.807, 2.05) is 13.0 Å². The summed E-state index contributed by atoms with van der Waals surface area (Å²) in [7, 11) is 3.16. The Labute approximate surface area is 185 Å². The van der Waals surface area contributed by atoms with E-state index in [9.17, 15) is 4.79 Å². The Balaban J connectivity index is 1.72. The Hall–Kier alpha value is -2.43. The van der Waals surface area contributed by atoms with E-state index in [1.165, 1.54) is 11.3 Å². The summed E-state index contributed by atoms with van der Waals surface area (Å²) in [4.78, 5) is 17.0. The second kappa shape index (κ2) is 9.38. The zero-order valence-corrected chi connectivity index (χ0v) is 19.1. The molecule has 29 heavy (non-hydrogen) atoms. The number of rotatable bonds is 6. The molecule has 3 rings (SSSR count). The highest BCUT2D eigenvalue weighted by atomic mass is 79.9.